The summed E-state index contributed by atoms with van der Waals surface area (Å²) in [5.41, 5.74) is 1.13. The third kappa shape index (κ3) is 3.33. The van der Waals surface area contributed by atoms with Crippen LogP contribution in [0.3, 0.4) is 0 Å². The molecule has 0 radical (unpaired) electrons. The maximum atomic E-state index is 12.0. The van der Waals surface area contributed by atoms with E-state index in [9.17, 15) is 13.8 Å². The van der Waals surface area contributed by atoms with E-state index in [0.717, 1.165) is 0 Å². The Kier molecular flexibility index (Phi) is 5.21. The Balaban J connectivity index is 3.47. The third-order valence-corrected chi connectivity index (χ3v) is 4.28. The van der Waals surface area contributed by atoms with E-state index in [1.807, 2.05) is 0 Å². The molecule has 0 amide bonds. The molecule has 0 saturated carbocycles. The normalized spacial score (nSPS) is 15.7. The first kappa shape index (κ1) is 16.6. The fraction of sp³-hybridized carbons (Fsp3) is 0.615. The van der Waals surface area contributed by atoms with Crippen molar-refractivity contribution in [1.82, 2.24) is 9.55 Å². The average Bonchev–Trinajstić information content (AvgIpc) is 2.26. The van der Waals surface area contributed by atoms with Gasteiger partial charge >= 0.3 is 11.7 Å². The van der Waals surface area contributed by atoms with Crippen molar-refractivity contribution in [3.63, 3.8) is 0 Å². The van der Waals surface area contributed by atoms with Crippen LogP contribution < -0.4 is 5.69 Å². The highest BCUT2D eigenvalue weighted by Crippen LogP contribution is 2.23. The highest BCUT2D eigenvalue weighted by Gasteiger charge is 2.24. The number of carbonyl (C=O) groups is 1. The molecule has 20 heavy (non-hydrogen) atoms. The van der Waals surface area contributed by atoms with Crippen LogP contribution in [-0.4, -0.2) is 36.8 Å². The zero-order chi connectivity index (χ0) is 15.6. The van der Waals surface area contributed by atoms with Gasteiger partial charge in [-0.2, -0.15) is 4.98 Å². The lowest BCUT2D eigenvalue weighted by Crippen LogP contribution is -2.33. The fourth-order valence-corrected chi connectivity index (χ4v) is 3.30. The largest absolute Gasteiger partial charge is 0.481 e. The molecule has 0 saturated heterocycles. The Morgan fingerprint density at radius 2 is 1.95 bits per heavy atom. The molecule has 1 N–H and O–H groups in total. The van der Waals surface area contributed by atoms with Crippen LogP contribution >= 0.6 is 0 Å². The maximum absolute atomic E-state index is 12.0. The first-order chi connectivity index (χ1) is 9.16. The van der Waals surface area contributed by atoms with Gasteiger partial charge in [-0.25, -0.2) is 4.79 Å². The molecule has 3 unspecified atom stereocenters. The van der Waals surface area contributed by atoms with Gasteiger partial charge in [-0.15, -0.1) is 0 Å². The summed E-state index contributed by atoms with van der Waals surface area (Å²) in [6.07, 6.45) is 1.57. The van der Waals surface area contributed by atoms with Gasteiger partial charge in [0.15, 0.2) is 0 Å². The number of carboxylic acid groups (broad SMARTS) is 1. The number of aliphatic carboxylic acids is 1. The lowest BCUT2D eigenvalue weighted by molar-refractivity contribution is -0.138. The molecule has 0 aromatic carbocycles. The molecule has 0 bridgehead atoms. The summed E-state index contributed by atoms with van der Waals surface area (Å²) < 4.78 is 12.8. The van der Waals surface area contributed by atoms with E-state index in [1.165, 1.54) is 4.57 Å². The Morgan fingerprint density at radius 3 is 2.40 bits per heavy atom. The van der Waals surface area contributed by atoms with Crippen molar-refractivity contribution < 1.29 is 14.1 Å². The molecule has 1 rings (SSSR count). The maximum Gasteiger partial charge on any atom is 0.348 e. The summed E-state index contributed by atoms with van der Waals surface area (Å²) in [4.78, 5) is 27.1. The van der Waals surface area contributed by atoms with E-state index in [1.54, 1.807) is 34.0 Å². The van der Waals surface area contributed by atoms with Crippen LogP contribution in [0.4, 0.5) is 0 Å². The fourth-order valence-electron chi connectivity index (χ4n) is 2.48. The molecule has 6 nitrogen and oxygen atoms in total. The molecule has 7 heteroatoms. The van der Waals surface area contributed by atoms with Gasteiger partial charge in [-0.1, -0.05) is 0 Å². The minimum Gasteiger partial charge on any atom is -0.481 e. The number of aromatic nitrogens is 2. The molecule has 3 atom stereocenters. The number of hydrogen-bond donors (Lipinski definition) is 1. The lowest BCUT2D eigenvalue weighted by Gasteiger charge is -2.21. The zero-order valence-electron chi connectivity index (χ0n) is 12.3. The first-order valence-electron chi connectivity index (χ1n) is 6.29. The molecule has 0 fully saturated rings. The molecule has 0 spiro atoms. The van der Waals surface area contributed by atoms with Gasteiger partial charge < -0.3 is 5.11 Å². The molecule has 0 aliphatic rings. The summed E-state index contributed by atoms with van der Waals surface area (Å²) in [5.74, 6) is -1.38. The van der Waals surface area contributed by atoms with E-state index in [-0.39, 0.29) is 6.04 Å². The van der Waals surface area contributed by atoms with Crippen molar-refractivity contribution in [3.8, 4) is 0 Å². The Morgan fingerprint density at radius 1 is 1.40 bits per heavy atom. The molecule has 1 aromatic rings. The van der Waals surface area contributed by atoms with Gasteiger partial charge in [0.2, 0.25) is 0 Å². The first-order valence-corrected chi connectivity index (χ1v) is 8.02. The smallest absolute Gasteiger partial charge is 0.348 e. The van der Waals surface area contributed by atoms with Crippen molar-refractivity contribution in [2.24, 2.45) is 0 Å². The highest BCUT2D eigenvalue weighted by atomic mass is 32.2. The predicted molar refractivity (Wildman–Crippen MR) is 77.7 cm³/mol. The number of nitrogens with zero attached hydrogens (tertiary/aromatic N) is 2. The van der Waals surface area contributed by atoms with Crippen LogP contribution in [0.1, 0.15) is 42.8 Å². The molecule has 1 aromatic heterocycles. The minimum atomic E-state index is -1.05. The SMILES string of the molecule is Cc1nc(=O)n(C(C)CS(C)=O)c(C)c1C(C)C(=O)O. The number of carboxylic acids is 1. The molecule has 0 aliphatic carbocycles. The second kappa shape index (κ2) is 6.30. The van der Waals surface area contributed by atoms with Crippen LogP contribution in [-0.2, 0) is 15.6 Å². The van der Waals surface area contributed by atoms with Gasteiger partial charge in [0, 0.05) is 45.8 Å². The topological polar surface area (TPSA) is 89.3 Å². The summed E-state index contributed by atoms with van der Waals surface area (Å²) >= 11 is 0. The van der Waals surface area contributed by atoms with E-state index in [2.05, 4.69) is 4.98 Å². The van der Waals surface area contributed by atoms with Crippen molar-refractivity contribution in [3.05, 3.63) is 27.4 Å². The number of aryl methyl sites for hydroxylation is 1. The summed E-state index contributed by atoms with van der Waals surface area (Å²) in [6, 6.07) is -0.291. The molecular formula is C13H20N2O4S. The van der Waals surface area contributed by atoms with Crippen molar-refractivity contribution >= 4 is 16.8 Å². The predicted octanol–water partition coefficient (Wildman–Crippen LogP) is 0.988. The van der Waals surface area contributed by atoms with Gasteiger partial charge in [-0.05, 0) is 27.7 Å². The lowest BCUT2D eigenvalue weighted by atomic mass is 9.98. The second-order valence-corrected chi connectivity index (χ2v) is 6.48. The van der Waals surface area contributed by atoms with Crippen LogP contribution in [0, 0.1) is 13.8 Å². The zero-order valence-corrected chi connectivity index (χ0v) is 13.2. The number of rotatable bonds is 5. The number of hydrogen-bond acceptors (Lipinski definition) is 4. The van der Waals surface area contributed by atoms with E-state index >= 15 is 0 Å². The van der Waals surface area contributed by atoms with Crippen LogP contribution in [0.5, 0.6) is 0 Å². The van der Waals surface area contributed by atoms with Gasteiger partial charge in [-0.3, -0.25) is 13.6 Å². The minimum absolute atomic E-state index is 0.291. The Labute approximate surface area is 120 Å². The average molecular weight is 300 g/mol. The van der Waals surface area contributed by atoms with Crippen LogP contribution in [0.15, 0.2) is 4.79 Å². The standard InChI is InChI=1S/C13H20N2O4S/c1-7(6-20(5)19)15-10(4)11(8(2)12(16)17)9(3)14-13(15)18/h7-8H,6H2,1-5H3,(H,16,17). The third-order valence-electron chi connectivity index (χ3n) is 3.33. The van der Waals surface area contributed by atoms with Gasteiger partial charge in [0.05, 0.1) is 5.92 Å². The highest BCUT2D eigenvalue weighted by molar-refractivity contribution is 7.84. The van der Waals surface area contributed by atoms with E-state index < -0.39 is 28.4 Å². The van der Waals surface area contributed by atoms with Gasteiger partial charge in [0.25, 0.3) is 0 Å². The van der Waals surface area contributed by atoms with E-state index in [4.69, 9.17) is 5.11 Å². The van der Waals surface area contributed by atoms with Crippen LogP contribution in [0.25, 0.3) is 0 Å². The molecule has 112 valence electrons. The van der Waals surface area contributed by atoms with Crippen LogP contribution in [0.2, 0.25) is 0 Å². The van der Waals surface area contributed by atoms with Crippen molar-refractivity contribution in [1.29, 1.82) is 0 Å². The summed E-state index contributed by atoms with van der Waals surface area (Å²) in [7, 11) is -1.05. The van der Waals surface area contributed by atoms with E-state index in [0.29, 0.717) is 22.7 Å². The van der Waals surface area contributed by atoms with Gasteiger partial charge in [0.1, 0.15) is 0 Å². The van der Waals surface area contributed by atoms with Crippen molar-refractivity contribution in [2.75, 3.05) is 12.0 Å². The molecule has 0 aliphatic heterocycles. The molecule has 1 heterocycles. The summed E-state index contributed by atoms with van der Waals surface area (Å²) in [6.45, 7) is 6.69. The Bertz CT molecular complexity index is 609. The Hall–Kier alpha value is -1.50. The second-order valence-electron chi connectivity index (χ2n) is 5.00. The quantitative estimate of drug-likeness (QED) is 0.876. The summed E-state index contributed by atoms with van der Waals surface area (Å²) in [5, 5.41) is 9.16. The molecular weight excluding hydrogens is 280 g/mol. The van der Waals surface area contributed by atoms with Crippen molar-refractivity contribution in [2.45, 2.75) is 39.7 Å². The monoisotopic (exact) mass is 300 g/mol.